The molecule has 1 atom stereocenters. The molecule has 5 rings (SSSR count). The van der Waals surface area contributed by atoms with E-state index < -0.39 is 17.7 Å². The van der Waals surface area contributed by atoms with Crippen LogP contribution in [0.15, 0.2) is 97.4 Å². The van der Waals surface area contributed by atoms with Gasteiger partial charge in [0.15, 0.2) is 0 Å². The Kier molecular flexibility index (Phi) is 7.31. The Morgan fingerprint density at radius 1 is 0.974 bits per heavy atom. The highest BCUT2D eigenvalue weighted by Gasteiger charge is 2.45. The number of Topliss-reactive ketones (excluding diaryl/α,β-unsaturated/α-hetero) is 1. The van der Waals surface area contributed by atoms with E-state index in [1.165, 1.54) is 4.90 Å². The molecule has 38 heavy (non-hydrogen) atoms. The highest BCUT2D eigenvalue weighted by atomic mass is 16.5. The molecule has 1 aliphatic heterocycles. The molecule has 1 N–H and O–H groups in total. The summed E-state index contributed by atoms with van der Waals surface area (Å²) >= 11 is 0. The summed E-state index contributed by atoms with van der Waals surface area (Å²) in [6, 6.07) is 17.8. The highest BCUT2D eigenvalue weighted by Crippen LogP contribution is 2.39. The van der Waals surface area contributed by atoms with Crippen LogP contribution in [0.2, 0.25) is 0 Å². The van der Waals surface area contributed by atoms with Gasteiger partial charge < -0.3 is 19.3 Å². The molecule has 1 fully saturated rings. The van der Waals surface area contributed by atoms with E-state index in [0.717, 1.165) is 11.1 Å². The topological polar surface area (TPSA) is 97.6 Å². The van der Waals surface area contributed by atoms with E-state index in [-0.39, 0.29) is 11.3 Å². The van der Waals surface area contributed by atoms with Crippen molar-refractivity contribution in [2.45, 2.75) is 32.5 Å². The number of likely N-dealkylation sites (tertiary alicyclic amines) is 1. The molecule has 0 aliphatic carbocycles. The second-order valence-electron chi connectivity index (χ2n) is 9.23. The molecular weight excluding hydrogens is 480 g/mol. The van der Waals surface area contributed by atoms with Crippen LogP contribution in [0.25, 0.3) is 5.76 Å². The van der Waals surface area contributed by atoms with Crippen LogP contribution < -0.4 is 4.74 Å². The molecule has 0 saturated carbocycles. The Balaban J connectivity index is 1.39. The van der Waals surface area contributed by atoms with Crippen molar-refractivity contribution in [3.05, 3.63) is 120 Å². The summed E-state index contributed by atoms with van der Waals surface area (Å²) in [5, 5.41) is 11.3. The number of imidazole rings is 1. The molecule has 8 heteroatoms. The summed E-state index contributed by atoms with van der Waals surface area (Å²) in [6.07, 6.45) is 9.11. The third-order valence-corrected chi connectivity index (χ3v) is 6.55. The summed E-state index contributed by atoms with van der Waals surface area (Å²) < 4.78 is 7.80. The fraction of sp³-hybridized carbons (Fsp3) is 0.200. The zero-order chi connectivity index (χ0) is 26.5. The number of pyridine rings is 1. The average Bonchev–Trinajstić information content (AvgIpc) is 3.55. The molecule has 1 amide bonds. The standard InChI is InChI=1S/C30H28N4O4/c1-21-4-2-5-22(18-21)19-38-25-8-6-24(7-9-25)28(35)26-27(23-10-12-31-13-11-23)34(30(37)29(26)36)16-3-15-33-17-14-32-20-33/h2,4-14,17-18,20,27,35H,3,15-16,19H2,1H3/t27-/m0/s1. The van der Waals surface area contributed by atoms with Gasteiger partial charge in [-0.25, -0.2) is 4.98 Å². The first kappa shape index (κ1) is 25.0. The van der Waals surface area contributed by atoms with E-state index in [1.807, 2.05) is 35.9 Å². The van der Waals surface area contributed by atoms with Gasteiger partial charge in [0.1, 0.15) is 18.1 Å². The minimum atomic E-state index is -0.710. The summed E-state index contributed by atoms with van der Waals surface area (Å²) in [7, 11) is 0. The van der Waals surface area contributed by atoms with E-state index in [1.54, 1.807) is 61.3 Å². The number of hydrogen-bond donors (Lipinski definition) is 1. The zero-order valence-electron chi connectivity index (χ0n) is 21.0. The van der Waals surface area contributed by atoms with Gasteiger partial charge >= 0.3 is 0 Å². The molecule has 8 nitrogen and oxygen atoms in total. The Hall–Kier alpha value is -4.72. The summed E-state index contributed by atoms with van der Waals surface area (Å²) in [5.74, 6) is -0.912. The number of carbonyl (C=O) groups excluding carboxylic acids is 2. The molecule has 2 aromatic heterocycles. The summed E-state index contributed by atoms with van der Waals surface area (Å²) in [6.45, 7) is 3.44. The Bertz CT molecular complexity index is 1450. The smallest absolute Gasteiger partial charge is 0.295 e. The van der Waals surface area contributed by atoms with E-state index in [0.29, 0.717) is 43.0 Å². The number of ketones is 1. The number of aliphatic hydroxyl groups is 1. The normalized spacial score (nSPS) is 16.7. The lowest BCUT2D eigenvalue weighted by molar-refractivity contribution is -0.139. The Morgan fingerprint density at radius 3 is 2.47 bits per heavy atom. The molecule has 2 aromatic carbocycles. The number of rotatable bonds is 9. The van der Waals surface area contributed by atoms with Crippen LogP contribution in [0, 0.1) is 6.92 Å². The van der Waals surface area contributed by atoms with Crippen molar-refractivity contribution >= 4 is 17.4 Å². The predicted molar refractivity (Wildman–Crippen MR) is 142 cm³/mol. The SMILES string of the molecule is Cc1cccc(COc2ccc(C(O)=C3C(=O)C(=O)N(CCCn4ccnc4)[C@H]3c3ccncc3)cc2)c1. The van der Waals surface area contributed by atoms with Gasteiger partial charge in [-0.2, -0.15) is 0 Å². The Labute approximate surface area is 220 Å². The monoisotopic (exact) mass is 508 g/mol. The number of hydrogen-bond acceptors (Lipinski definition) is 6. The number of benzene rings is 2. The van der Waals surface area contributed by atoms with Crippen LogP contribution in [0.3, 0.4) is 0 Å². The molecule has 0 unspecified atom stereocenters. The van der Waals surface area contributed by atoms with Crippen molar-refractivity contribution in [3.63, 3.8) is 0 Å². The summed E-state index contributed by atoms with van der Waals surface area (Å²) in [4.78, 5) is 35.9. The van der Waals surface area contributed by atoms with Crippen LogP contribution in [0.5, 0.6) is 5.75 Å². The molecule has 4 aromatic rings. The van der Waals surface area contributed by atoms with Gasteiger partial charge in [-0.1, -0.05) is 29.8 Å². The molecule has 0 radical (unpaired) electrons. The van der Waals surface area contributed by atoms with Crippen molar-refractivity contribution in [1.82, 2.24) is 19.4 Å². The third-order valence-electron chi connectivity index (χ3n) is 6.55. The number of amides is 1. The third kappa shape index (κ3) is 5.34. The van der Waals surface area contributed by atoms with Crippen LogP contribution in [0.1, 0.15) is 34.7 Å². The molecular formula is C30H28N4O4. The first-order valence-corrected chi connectivity index (χ1v) is 12.4. The van der Waals surface area contributed by atoms with Gasteiger partial charge in [-0.15, -0.1) is 0 Å². The van der Waals surface area contributed by atoms with E-state index in [2.05, 4.69) is 16.0 Å². The molecule has 0 bridgehead atoms. The van der Waals surface area contributed by atoms with E-state index in [4.69, 9.17) is 4.74 Å². The second kappa shape index (κ2) is 11.1. The second-order valence-corrected chi connectivity index (χ2v) is 9.23. The van der Waals surface area contributed by atoms with Crippen LogP contribution in [-0.2, 0) is 22.7 Å². The van der Waals surface area contributed by atoms with Crippen molar-refractivity contribution in [1.29, 1.82) is 0 Å². The quantitative estimate of drug-likeness (QED) is 0.200. The molecule has 192 valence electrons. The summed E-state index contributed by atoms with van der Waals surface area (Å²) in [5.41, 5.74) is 3.43. The molecule has 0 spiro atoms. The largest absolute Gasteiger partial charge is 0.507 e. The maximum atomic E-state index is 13.2. The van der Waals surface area contributed by atoms with Crippen LogP contribution >= 0.6 is 0 Å². The van der Waals surface area contributed by atoms with Gasteiger partial charge in [-0.3, -0.25) is 14.6 Å². The number of aliphatic hydroxyl groups excluding tert-OH is 1. The fourth-order valence-electron chi connectivity index (χ4n) is 4.68. The van der Waals surface area contributed by atoms with Crippen LogP contribution in [0.4, 0.5) is 0 Å². The van der Waals surface area contributed by atoms with E-state index in [9.17, 15) is 14.7 Å². The highest BCUT2D eigenvalue weighted by molar-refractivity contribution is 6.46. The van der Waals surface area contributed by atoms with Gasteiger partial charge in [0.05, 0.1) is 17.9 Å². The molecule has 3 heterocycles. The number of aryl methyl sites for hydroxylation is 2. The number of carbonyl (C=O) groups is 2. The zero-order valence-corrected chi connectivity index (χ0v) is 21.0. The number of ether oxygens (including phenoxy) is 1. The Morgan fingerprint density at radius 2 is 1.76 bits per heavy atom. The van der Waals surface area contributed by atoms with Gasteiger partial charge in [0, 0.05) is 43.4 Å². The molecule has 1 saturated heterocycles. The first-order chi connectivity index (χ1) is 18.5. The first-order valence-electron chi connectivity index (χ1n) is 12.4. The number of aromatic nitrogens is 3. The number of nitrogens with zero attached hydrogens (tertiary/aromatic N) is 4. The van der Waals surface area contributed by atoms with Crippen molar-refractivity contribution < 1.29 is 19.4 Å². The van der Waals surface area contributed by atoms with Gasteiger partial charge in [0.25, 0.3) is 11.7 Å². The minimum Gasteiger partial charge on any atom is -0.507 e. The van der Waals surface area contributed by atoms with Gasteiger partial charge in [0.2, 0.25) is 0 Å². The maximum absolute atomic E-state index is 13.2. The van der Waals surface area contributed by atoms with Crippen molar-refractivity contribution in [3.8, 4) is 5.75 Å². The van der Waals surface area contributed by atoms with Crippen molar-refractivity contribution in [2.24, 2.45) is 0 Å². The minimum absolute atomic E-state index is 0.0669. The van der Waals surface area contributed by atoms with Crippen molar-refractivity contribution in [2.75, 3.05) is 6.54 Å². The van der Waals surface area contributed by atoms with Gasteiger partial charge in [-0.05, 0) is 60.9 Å². The molecule has 1 aliphatic rings. The predicted octanol–water partition coefficient (Wildman–Crippen LogP) is 4.68. The lowest BCUT2D eigenvalue weighted by atomic mass is 9.96. The average molecular weight is 509 g/mol. The van der Waals surface area contributed by atoms with Crippen LogP contribution in [-0.4, -0.2) is 42.8 Å². The maximum Gasteiger partial charge on any atom is 0.295 e. The lowest BCUT2D eigenvalue weighted by Crippen LogP contribution is -2.31. The fourth-order valence-corrected chi connectivity index (χ4v) is 4.68. The van der Waals surface area contributed by atoms with E-state index >= 15 is 0 Å². The lowest BCUT2D eigenvalue weighted by Gasteiger charge is -2.25.